The SMILES string of the molecule is O=C(N[C@@H](NC(=S)N1C[C@H]2C[C@H](C1)c1cccc(=O)n1C2)C(Cl)(Cl)Cl)c1ccc(N([O-])O)cc1. The highest BCUT2D eigenvalue weighted by atomic mass is 35.6. The van der Waals surface area contributed by atoms with E-state index in [0.29, 0.717) is 24.7 Å². The summed E-state index contributed by atoms with van der Waals surface area (Å²) < 4.78 is -0.104. The van der Waals surface area contributed by atoms with Crippen molar-refractivity contribution in [1.82, 2.24) is 20.1 Å². The zero-order chi connectivity index (χ0) is 24.6. The average molecular weight is 546 g/mol. The minimum Gasteiger partial charge on any atom is -0.733 e. The van der Waals surface area contributed by atoms with Crippen LogP contribution in [0.5, 0.6) is 0 Å². The Labute approximate surface area is 215 Å². The van der Waals surface area contributed by atoms with Crippen molar-refractivity contribution < 1.29 is 10.0 Å². The second-order valence-electron chi connectivity index (χ2n) is 8.32. The van der Waals surface area contributed by atoms with Crippen molar-refractivity contribution in [2.75, 3.05) is 18.3 Å². The molecule has 9 nitrogen and oxygen atoms in total. The van der Waals surface area contributed by atoms with E-state index >= 15 is 0 Å². The summed E-state index contributed by atoms with van der Waals surface area (Å²) in [6.07, 6.45) is -0.194. The fourth-order valence-electron chi connectivity index (χ4n) is 4.43. The summed E-state index contributed by atoms with van der Waals surface area (Å²) >= 11 is 23.9. The van der Waals surface area contributed by atoms with Crippen molar-refractivity contribution in [3.05, 3.63) is 69.3 Å². The number of piperidine rings is 1. The molecule has 1 aromatic heterocycles. The number of nitrogens with zero attached hydrogens (tertiary/aromatic N) is 3. The van der Waals surface area contributed by atoms with E-state index in [1.54, 1.807) is 12.1 Å². The van der Waals surface area contributed by atoms with Crippen LogP contribution in [0.1, 0.15) is 28.4 Å². The van der Waals surface area contributed by atoms with E-state index in [2.05, 4.69) is 10.6 Å². The average Bonchev–Trinajstić information content (AvgIpc) is 2.78. The van der Waals surface area contributed by atoms with Gasteiger partial charge in [-0.15, -0.1) is 0 Å². The molecule has 34 heavy (non-hydrogen) atoms. The van der Waals surface area contributed by atoms with Crippen molar-refractivity contribution >= 4 is 63.7 Å². The van der Waals surface area contributed by atoms with Crippen LogP contribution in [-0.4, -0.2) is 48.7 Å². The summed E-state index contributed by atoms with van der Waals surface area (Å²) in [6.45, 7) is 1.82. The van der Waals surface area contributed by atoms with Crippen LogP contribution >= 0.6 is 47.0 Å². The number of halogens is 3. The molecule has 0 aliphatic carbocycles. The van der Waals surface area contributed by atoms with Crippen molar-refractivity contribution in [3.8, 4) is 0 Å². The molecule has 4 rings (SSSR count). The van der Waals surface area contributed by atoms with Crippen LogP contribution in [0, 0.1) is 11.1 Å². The van der Waals surface area contributed by atoms with E-state index in [9.17, 15) is 14.8 Å². The molecule has 2 bridgehead atoms. The van der Waals surface area contributed by atoms with Crippen LogP contribution in [0.3, 0.4) is 0 Å². The molecule has 0 radical (unpaired) electrons. The lowest BCUT2D eigenvalue weighted by molar-refractivity contribution is 0.0932. The highest BCUT2D eigenvalue weighted by Gasteiger charge is 2.39. The van der Waals surface area contributed by atoms with Crippen LogP contribution in [0.2, 0.25) is 0 Å². The molecule has 2 aliphatic heterocycles. The van der Waals surface area contributed by atoms with E-state index in [-0.39, 0.29) is 33.9 Å². The maximum absolute atomic E-state index is 12.7. The highest BCUT2D eigenvalue weighted by molar-refractivity contribution is 7.80. The fourth-order valence-corrected chi connectivity index (χ4v) is 5.03. The van der Waals surface area contributed by atoms with Gasteiger partial charge in [-0.05, 0) is 54.9 Å². The van der Waals surface area contributed by atoms with E-state index in [4.69, 9.17) is 52.2 Å². The molecule has 3 N–H and O–H groups in total. The molecule has 0 unspecified atom stereocenters. The van der Waals surface area contributed by atoms with Crippen molar-refractivity contribution in [2.45, 2.75) is 28.8 Å². The number of nitrogens with one attached hydrogen (secondary N) is 2. The number of hydrogen-bond donors (Lipinski definition) is 3. The molecule has 182 valence electrons. The second kappa shape index (κ2) is 9.88. The zero-order valence-corrected chi connectivity index (χ0v) is 20.7. The number of carbonyl (C=O) groups excluding carboxylic acids is 1. The molecule has 13 heteroatoms. The number of aromatic nitrogens is 1. The number of pyridine rings is 1. The smallest absolute Gasteiger partial charge is 0.252 e. The number of hydrogen-bond acceptors (Lipinski definition) is 6. The molecule has 0 spiro atoms. The lowest BCUT2D eigenvalue weighted by Gasteiger charge is -2.44. The summed E-state index contributed by atoms with van der Waals surface area (Å²) in [5, 5.41) is 25.4. The fraction of sp³-hybridized carbons (Fsp3) is 0.381. The van der Waals surface area contributed by atoms with Crippen LogP contribution in [-0.2, 0) is 6.54 Å². The molecule has 2 aromatic rings. The normalized spacial score (nSPS) is 20.2. The zero-order valence-electron chi connectivity index (χ0n) is 17.7. The maximum atomic E-state index is 12.7. The molecule has 1 fully saturated rings. The summed E-state index contributed by atoms with van der Waals surface area (Å²) in [6, 6.07) is 10.5. The number of benzene rings is 1. The van der Waals surface area contributed by atoms with E-state index in [1.807, 2.05) is 15.5 Å². The van der Waals surface area contributed by atoms with Gasteiger partial charge >= 0.3 is 0 Å². The van der Waals surface area contributed by atoms with Crippen LogP contribution in [0.15, 0.2) is 47.3 Å². The Kier molecular flexibility index (Phi) is 7.28. The third-order valence-corrected chi connectivity index (χ3v) is 7.02. The monoisotopic (exact) mass is 544 g/mol. The number of thiocarbonyl (C=S) groups is 1. The quantitative estimate of drug-likeness (QED) is 0.233. The first-order chi connectivity index (χ1) is 16.0. The lowest BCUT2D eigenvalue weighted by Crippen LogP contribution is -2.60. The van der Waals surface area contributed by atoms with Gasteiger partial charge in [0, 0.05) is 42.9 Å². The number of fused-ring (bicyclic) bond motifs is 4. The van der Waals surface area contributed by atoms with E-state index < -0.39 is 15.9 Å². The minimum atomic E-state index is -1.93. The Morgan fingerprint density at radius 2 is 1.85 bits per heavy atom. The number of amides is 1. The first-order valence-electron chi connectivity index (χ1n) is 10.4. The van der Waals surface area contributed by atoms with Gasteiger partial charge in [-0.3, -0.25) is 14.8 Å². The Bertz CT molecular complexity index is 1140. The number of carbonyl (C=O) groups is 1. The van der Waals surface area contributed by atoms with E-state index in [0.717, 1.165) is 12.1 Å². The number of anilines is 1. The van der Waals surface area contributed by atoms with Crippen molar-refractivity contribution in [1.29, 1.82) is 0 Å². The number of likely N-dealkylation sites (tertiary alicyclic amines) is 1. The molecular weight excluding hydrogens is 525 g/mol. The summed E-state index contributed by atoms with van der Waals surface area (Å²) in [4.78, 5) is 26.9. The lowest BCUT2D eigenvalue weighted by atomic mass is 9.83. The van der Waals surface area contributed by atoms with Gasteiger partial charge in [0.2, 0.25) is 3.79 Å². The summed E-state index contributed by atoms with van der Waals surface area (Å²) in [7, 11) is 0. The Morgan fingerprint density at radius 3 is 2.50 bits per heavy atom. The second-order valence-corrected chi connectivity index (χ2v) is 11.1. The van der Waals surface area contributed by atoms with Crippen LogP contribution < -0.4 is 21.4 Å². The third kappa shape index (κ3) is 5.42. The number of rotatable bonds is 4. The molecule has 3 atom stereocenters. The largest absolute Gasteiger partial charge is 0.733 e. The third-order valence-electron chi connectivity index (χ3n) is 5.99. The van der Waals surface area contributed by atoms with Gasteiger partial charge in [-0.2, -0.15) is 0 Å². The predicted octanol–water partition coefficient (Wildman–Crippen LogP) is 2.96. The standard InChI is InChI=1S/C21H21Cl3N5O4S/c22-21(23,24)19(25-18(31)13-4-6-15(7-5-13)29(32)33)26-20(34)27-9-12-8-14(11-27)16-2-1-3-17(30)28(16)10-12/h1-7,12,14,19,32H,8-11H2,(H,25,31)(H,26,34)/q-1/t12-,14-,19+/m1/s1. The Balaban J connectivity index is 1.45. The van der Waals surface area contributed by atoms with Crippen LogP contribution in [0.4, 0.5) is 5.69 Å². The Hall–Kier alpha value is -2.08. The summed E-state index contributed by atoms with van der Waals surface area (Å²) in [5.74, 6) is -0.206. The molecule has 1 saturated heterocycles. The van der Waals surface area contributed by atoms with Gasteiger partial charge < -0.3 is 30.5 Å². The molecule has 1 aromatic carbocycles. The Morgan fingerprint density at radius 1 is 1.15 bits per heavy atom. The number of alkyl halides is 3. The first-order valence-corrected chi connectivity index (χ1v) is 12.0. The minimum absolute atomic E-state index is 0.00434. The molecule has 2 aliphatic rings. The van der Waals surface area contributed by atoms with Gasteiger partial charge in [0.25, 0.3) is 11.5 Å². The first kappa shape index (κ1) is 25.0. The van der Waals surface area contributed by atoms with Gasteiger partial charge in [0.15, 0.2) is 5.11 Å². The molecule has 3 heterocycles. The molecular formula is C21H21Cl3N5O4S-. The predicted molar refractivity (Wildman–Crippen MR) is 134 cm³/mol. The molecule has 1 amide bonds. The maximum Gasteiger partial charge on any atom is 0.252 e. The van der Waals surface area contributed by atoms with Crippen LogP contribution in [0.25, 0.3) is 0 Å². The van der Waals surface area contributed by atoms with Crippen molar-refractivity contribution in [2.24, 2.45) is 5.92 Å². The van der Waals surface area contributed by atoms with Gasteiger partial charge in [-0.1, -0.05) is 40.9 Å². The topological polar surface area (TPSA) is 113 Å². The van der Waals surface area contributed by atoms with Gasteiger partial charge in [0.1, 0.15) is 6.17 Å². The van der Waals surface area contributed by atoms with Crippen molar-refractivity contribution in [3.63, 3.8) is 0 Å². The van der Waals surface area contributed by atoms with Gasteiger partial charge in [0.05, 0.1) is 5.69 Å². The van der Waals surface area contributed by atoms with Gasteiger partial charge in [-0.25, -0.2) is 0 Å². The summed E-state index contributed by atoms with van der Waals surface area (Å²) in [5.41, 5.74) is 1.13. The molecule has 0 saturated carbocycles. The highest BCUT2D eigenvalue weighted by Crippen LogP contribution is 2.35. The van der Waals surface area contributed by atoms with E-state index in [1.165, 1.54) is 24.3 Å².